The van der Waals surface area contributed by atoms with E-state index in [-0.39, 0.29) is 5.95 Å². The predicted molar refractivity (Wildman–Crippen MR) is 99.7 cm³/mol. The number of rotatable bonds is 4. The number of aliphatic imine (C=N–C) groups is 1. The maximum absolute atomic E-state index is 12.2. The fourth-order valence-corrected chi connectivity index (χ4v) is 3.19. The van der Waals surface area contributed by atoms with E-state index in [9.17, 15) is 4.79 Å². The molecule has 1 saturated carbocycles. The molecule has 3 aromatic heterocycles. The summed E-state index contributed by atoms with van der Waals surface area (Å²) in [6.07, 6.45) is 10.6. The third-order valence-electron chi connectivity index (χ3n) is 4.95. The predicted octanol–water partition coefficient (Wildman–Crippen LogP) is 1.46. The zero-order chi connectivity index (χ0) is 18.9. The lowest BCUT2D eigenvalue weighted by atomic mass is 9.64. The lowest BCUT2D eigenvalue weighted by Gasteiger charge is -2.41. The van der Waals surface area contributed by atoms with Crippen molar-refractivity contribution < 1.29 is 4.79 Å². The fourth-order valence-electron chi connectivity index (χ4n) is 3.19. The second kappa shape index (κ2) is 6.60. The van der Waals surface area contributed by atoms with Crippen LogP contribution in [-0.2, 0) is 5.41 Å². The molecule has 5 N–H and O–H groups in total. The first-order valence-corrected chi connectivity index (χ1v) is 8.51. The lowest BCUT2D eigenvalue weighted by molar-refractivity contribution is 0.100. The topological polar surface area (TPSA) is 149 Å². The Bertz CT molecular complexity index is 973. The number of carbonyl (C=O) groups excluding carboxylic acids is 1. The largest absolute Gasteiger partial charge is 0.386 e. The van der Waals surface area contributed by atoms with Gasteiger partial charge < -0.3 is 11.5 Å². The lowest BCUT2D eigenvalue weighted by Crippen LogP contribution is -2.47. The molecule has 1 fully saturated rings. The highest BCUT2D eigenvalue weighted by molar-refractivity contribution is 6.06. The van der Waals surface area contributed by atoms with Crippen LogP contribution < -0.4 is 11.5 Å². The molecule has 1 aliphatic rings. The number of nitrogens with two attached hydrogens (primary N) is 2. The fraction of sp³-hybridized carbons (Fsp3) is 0.222. The van der Waals surface area contributed by atoms with Gasteiger partial charge in [0.1, 0.15) is 5.84 Å². The number of carbonyl (C=O) groups is 1. The Morgan fingerprint density at radius 1 is 1.11 bits per heavy atom. The van der Waals surface area contributed by atoms with E-state index in [1.54, 1.807) is 18.6 Å². The normalized spacial score (nSPS) is 15.9. The Kier molecular flexibility index (Phi) is 4.11. The molecular formula is C18H18N8O. The molecular weight excluding hydrogens is 344 g/mol. The third-order valence-corrected chi connectivity index (χ3v) is 4.95. The summed E-state index contributed by atoms with van der Waals surface area (Å²) in [6, 6.07) is 3.85. The van der Waals surface area contributed by atoms with Gasteiger partial charge in [0.25, 0.3) is 5.91 Å². The molecule has 0 aromatic carbocycles. The summed E-state index contributed by atoms with van der Waals surface area (Å²) in [6.45, 7) is 0. The SMILES string of the molecule is NC(=NC(=O)c1cn[nH]c1)C1(c2ccc(-c3cnc(N)nc3)nc2)CCC1. The Morgan fingerprint density at radius 3 is 2.44 bits per heavy atom. The van der Waals surface area contributed by atoms with Crippen LogP contribution in [0.15, 0.2) is 48.1 Å². The van der Waals surface area contributed by atoms with E-state index < -0.39 is 11.3 Å². The number of aromatic amines is 1. The standard InChI is InChI=1S/C18H18N8O/c19-16(26-15(27)12-8-24-25-9-12)18(4-1-5-18)13-2-3-14(21-10-13)11-6-22-17(20)23-7-11/h2-3,6-10H,1,4-5H2,(H,24,25)(H2,19,26,27)(H2,20,22,23). The molecule has 27 heavy (non-hydrogen) atoms. The first-order chi connectivity index (χ1) is 13.1. The minimum atomic E-state index is -0.456. The first kappa shape index (κ1) is 16.8. The van der Waals surface area contributed by atoms with E-state index in [2.05, 4.69) is 30.1 Å². The van der Waals surface area contributed by atoms with Gasteiger partial charge in [-0.2, -0.15) is 10.1 Å². The molecule has 0 saturated heterocycles. The molecule has 1 aliphatic carbocycles. The molecule has 0 bridgehead atoms. The number of amides is 1. The highest BCUT2D eigenvalue weighted by Gasteiger charge is 2.43. The second-order valence-electron chi connectivity index (χ2n) is 6.49. The van der Waals surface area contributed by atoms with Gasteiger partial charge in [0.05, 0.1) is 22.9 Å². The number of aromatic nitrogens is 5. The van der Waals surface area contributed by atoms with Crippen molar-refractivity contribution >= 4 is 17.7 Å². The molecule has 4 rings (SSSR count). The molecule has 0 spiro atoms. The van der Waals surface area contributed by atoms with Gasteiger partial charge in [0, 0.05) is 30.4 Å². The number of pyridine rings is 1. The van der Waals surface area contributed by atoms with Crippen LogP contribution in [0.4, 0.5) is 5.95 Å². The number of nitrogens with zero attached hydrogens (tertiary/aromatic N) is 5. The quantitative estimate of drug-likeness (QED) is 0.470. The maximum atomic E-state index is 12.2. The van der Waals surface area contributed by atoms with E-state index in [1.807, 2.05) is 12.1 Å². The summed E-state index contributed by atoms with van der Waals surface area (Å²) in [5.41, 5.74) is 14.1. The van der Waals surface area contributed by atoms with Crippen LogP contribution >= 0.6 is 0 Å². The van der Waals surface area contributed by atoms with Crippen molar-refractivity contribution in [2.45, 2.75) is 24.7 Å². The molecule has 0 aliphatic heterocycles. The van der Waals surface area contributed by atoms with E-state index in [0.717, 1.165) is 36.1 Å². The van der Waals surface area contributed by atoms with Crippen molar-refractivity contribution in [1.82, 2.24) is 25.1 Å². The third kappa shape index (κ3) is 3.03. The van der Waals surface area contributed by atoms with Crippen LogP contribution in [0.3, 0.4) is 0 Å². The van der Waals surface area contributed by atoms with Gasteiger partial charge >= 0.3 is 0 Å². The Balaban J connectivity index is 1.62. The van der Waals surface area contributed by atoms with Crippen molar-refractivity contribution in [3.8, 4) is 11.3 Å². The monoisotopic (exact) mass is 362 g/mol. The van der Waals surface area contributed by atoms with E-state index >= 15 is 0 Å². The molecule has 3 heterocycles. The Hall–Kier alpha value is -3.62. The van der Waals surface area contributed by atoms with Crippen molar-refractivity contribution in [3.63, 3.8) is 0 Å². The summed E-state index contributed by atoms with van der Waals surface area (Å²) in [5.74, 6) is 0.122. The number of nitrogens with one attached hydrogen (secondary N) is 1. The van der Waals surface area contributed by atoms with E-state index in [4.69, 9.17) is 11.5 Å². The van der Waals surface area contributed by atoms with Crippen LogP contribution in [0, 0.1) is 0 Å². The van der Waals surface area contributed by atoms with Crippen molar-refractivity contribution in [1.29, 1.82) is 0 Å². The molecule has 1 amide bonds. The summed E-state index contributed by atoms with van der Waals surface area (Å²) in [4.78, 5) is 28.8. The van der Waals surface area contributed by atoms with Gasteiger partial charge in [-0.3, -0.25) is 14.9 Å². The van der Waals surface area contributed by atoms with Crippen LogP contribution in [0.1, 0.15) is 35.2 Å². The van der Waals surface area contributed by atoms with Crippen molar-refractivity contribution in [3.05, 3.63) is 54.2 Å². The highest BCUT2D eigenvalue weighted by atomic mass is 16.1. The average molecular weight is 362 g/mol. The number of amidine groups is 1. The van der Waals surface area contributed by atoms with E-state index in [1.165, 1.54) is 12.4 Å². The van der Waals surface area contributed by atoms with Gasteiger partial charge in [-0.05, 0) is 24.5 Å². The van der Waals surface area contributed by atoms with E-state index in [0.29, 0.717) is 11.4 Å². The summed E-state index contributed by atoms with van der Waals surface area (Å²) >= 11 is 0. The molecule has 0 radical (unpaired) electrons. The maximum Gasteiger partial charge on any atom is 0.281 e. The average Bonchev–Trinajstić information content (AvgIpc) is 3.17. The van der Waals surface area contributed by atoms with Crippen LogP contribution in [0.5, 0.6) is 0 Å². The summed E-state index contributed by atoms with van der Waals surface area (Å²) in [5, 5.41) is 6.36. The summed E-state index contributed by atoms with van der Waals surface area (Å²) in [7, 11) is 0. The zero-order valence-electron chi connectivity index (χ0n) is 14.5. The Morgan fingerprint density at radius 2 is 1.89 bits per heavy atom. The van der Waals surface area contributed by atoms with Gasteiger partial charge in [-0.15, -0.1) is 0 Å². The number of hydrogen-bond acceptors (Lipinski definition) is 6. The molecule has 0 unspecified atom stereocenters. The van der Waals surface area contributed by atoms with Gasteiger partial charge in [-0.1, -0.05) is 12.5 Å². The Labute approximate surface area is 155 Å². The molecule has 0 atom stereocenters. The van der Waals surface area contributed by atoms with Gasteiger partial charge in [-0.25, -0.2) is 9.97 Å². The molecule has 136 valence electrons. The number of anilines is 1. The highest BCUT2D eigenvalue weighted by Crippen LogP contribution is 2.44. The number of H-pyrrole nitrogens is 1. The minimum absolute atomic E-state index is 0.218. The van der Waals surface area contributed by atoms with Gasteiger partial charge in [0.2, 0.25) is 5.95 Å². The smallest absolute Gasteiger partial charge is 0.281 e. The van der Waals surface area contributed by atoms with Crippen molar-refractivity contribution in [2.75, 3.05) is 5.73 Å². The minimum Gasteiger partial charge on any atom is -0.386 e. The van der Waals surface area contributed by atoms with Gasteiger partial charge in [0.15, 0.2) is 0 Å². The first-order valence-electron chi connectivity index (χ1n) is 8.51. The molecule has 9 heteroatoms. The van der Waals surface area contributed by atoms with Crippen LogP contribution in [0.2, 0.25) is 0 Å². The molecule has 9 nitrogen and oxygen atoms in total. The number of nitrogen functional groups attached to an aromatic ring is 1. The zero-order valence-corrected chi connectivity index (χ0v) is 14.5. The second-order valence-corrected chi connectivity index (χ2v) is 6.49. The van der Waals surface area contributed by atoms with Crippen LogP contribution in [0.25, 0.3) is 11.3 Å². The van der Waals surface area contributed by atoms with Crippen LogP contribution in [-0.4, -0.2) is 36.9 Å². The number of hydrogen-bond donors (Lipinski definition) is 3. The summed E-state index contributed by atoms with van der Waals surface area (Å²) < 4.78 is 0. The molecule has 3 aromatic rings. The van der Waals surface area contributed by atoms with Crippen molar-refractivity contribution in [2.24, 2.45) is 10.7 Å².